The largest absolute Gasteiger partial charge is 0.384 e. The number of carbonyl (C=O) groups excluding carboxylic acids is 1. The van der Waals surface area contributed by atoms with Gasteiger partial charge in [-0.2, -0.15) is 0 Å². The van der Waals surface area contributed by atoms with Crippen LogP contribution in [0.15, 0.2) is 18.7 Å². The molecule has 1 aromatic heterocycles. The van der Waals surface area contributed by atoms with Crippen LogP contribution in [0.4, 0.5) is 0 Å². The zero-order valence-electron chi connectivity index (χ0n) is 19.1. The number of ketones is 1. The van der Waals surface area contributed by atoms with Crippen molar-refractivity contribution in [3.8, 4) is 0 Å². The molecule has 8 unspecified atom stereocenters. The number of hydrogen-bond acceptors (Lipinski definition) is 3. The van der Waals surface area contributed by atoms with E-state index in [9.17, 15) is 4.79 Å². The molecule has 1 aromatic rings. The van der Waals surface area contributed by atoms with E-state index in [4.69, 9.17) is 4.74 Å². The second kappa shape index (κ2) is 7.95. The van der Waals surface area contributed by atoms with E-state index in [0.29, 0.717) is 12.3 Å². The topological polar surface area (TPSA) is 44.1 Å². The summed E-state index contributed by atoms with van der Waals surface area (Å²) in [6, 6.07) is 0. The maximum absolute atomic E-state index is 13.3. The van der Waals surface area contributed by atoms with Gasteiger partial charge >= 0.3 is 0 Å². The van der Waals surface area contributed by atoms with Gasteiger partial charge in [-0.3, -0.25) is 4.79 Å². The molecule has 2 saturated heterocycles. The third kappa shape index (κ3) is 3.30. The maximum atomic E-state index is 13.3. The van der Waals surface area contributed by atoms with E-state index >= 15 is 0 Å². The number of ether oxygens (including phenoxy) is 1. The minimum Gasteiger partial charge on any atom is -0.384 e. The van der Waals surface area contributed by atoms with Crippen molar-refractivity contribution in [2.45, 2.75) is 75.3 Å². The molecule has 3 heterocycles. The smallest absolute Gasteiger partial charge is 0.156 e. The van der Waals surface area contributed by atoms with Gasteiger partial charge in [-0.1, -0.05) is 6.92 Å². The van der Waals surface area contributed by atoms with Gasteiger partial charge < -0.3 is 9.30 Å². The number of carbonyl (C=O) groups is 1. The van der Waals surface area contributed by atoms with Crippen molar-refractivity contribution >= 4 is 15.8 Å². The highest BCUT2D eigenvalue weighted by atomic mass is 32.3. The second-order valence-electron chi connectivity index (χ2n) is 11.2. The van der Waals surface area contributed by atoms with Crippen LogP contribution in [0.3, 0.4) is 0 Å². The van der Waals surface area contributed by atoms with Gasteiger partial charge in [-0.05, 0) is 97.0 Å². The second-order valence-corrected chi connectivity index (χ2v) is 15.3. The molecule has 0 spiro atoms. The van der Waals surface area contributed by atoms with Gasteiger partial charge in [0.15, 0.2) is 5.78 Å². The summed E-state index contributed by atoms with van der Waals surface area (Å²) in [6.07, 6.45) is 18.9. The number of Topliss-reactive ketones (excluding diaryl/α,β-unsaturated/α-hetero) is 1. The summed E-state index contributed by atoms with van der Waals surface area (Å²) in [4.78, 5) is 17.4. The van der Waals surface area contributed by atoms with Gasteiger partial charge in [-0.15, -0.1) is 0 Å². The fourth-order valence-corrected chi connectivity index (χ4v) is 13.5. The first-order valence-electron chi connectivity index (χ1n) is 12.2. The van der Waals surface area contributed by atoms with Gasteiger partial charge in [-0.25, -0.2) is 15.0 Å². The van der Waals surface area contributed by atoms with Gasteiger partial charge in [0.05, 0.1) is 12.9 Å². The SMILES string of the molecule is COCC1CCS2(C)C(CCC3C4CCC(C(=O)Cn5ccnc5)C4(C)CCC32)C1. The molecular formula is C25H40N2O2S. The van der Waals surface area contributed by atoms with E-state index in [1.165, 1.54) is 50.7 Å². The summed E-state index contributed by atoms with van der Waals surface area (Å²) in [6.45, 7) is 3.95. The molecule has 2 aliphatic heterocycles. The summed E-state index contributed by atoms with van der Waals surface area (Å²) in [5, 5.41) is 1.93. The quantitative estimate of drug-likeness (QED) is 0.663. The minimum atomic E-state index is -0.531. The Balaban J connectivity index is 1.32. The number of aromatic nitrogens is 2. The lowest BCUT2D eigenvalue weighted by Crippen LogP contribution is -2.52. The van der Waals surface area contributed by atoms with Crippen LogP contribution in [0.1, 0.15) is 58.3 Å². The molecule has 5 rings (SSSR count). The Morgan fingerprint density at radius 3 is 2.87 bits per heavy atom. The Morgan fingerprint density at radius 1 is 1.23 bits per heavy atom. The standard InChI is InChI=1S/C25H40N2O2S/c1-25-10-8-24-20(5-4-19-14-18(16-29-2)9-13-30(19,24)3)21(25)6-7-22(25)23(28)15-27-12-11-26-17-27/h11-12,17-22,24H,4-10,13-16H2,1-3H3. The predicted molar refractivity (Wildman–Crippen MR) is 124 cm³/mol. The van der Waals surface area contributed by atoms with E-state index in [1.54, 1.807) is 12.5 Å². The Morgan fingerprint density at radius 2 is 2.10 bits per heavy atom. The number of imidazole rings is 1. The molecule has 4 fully saturated rings. The average molecular weight is 433 g/mol. The van der Waals surface area contributed by atoms with Crippen molar-refractivity contribution in [3.05, 3.63) is 18.7 Å². The predicted octanol–water partition coefficient (Wildman–Crippen LogP) is 4.92. The molecule has 5 heteroatoms. The molecule has 0 N–H and O–H groups in total. The first-order valence-corrected chi connectivity index (χ1v) is 14.5. The van der Waals surface area contributed by atoms with E-state index < -0.39 is 10.0 Å². The van der Waals surface area contributed by atoms with Crippen LogP contribution < -0.4 is 0 Å². The molecule has 8 atom stereocenters. The Labute approximate surface area is 183 Å². The third-order valence-corrected chi connectivity index (χ3v) is 14.9. The van der Waals surface area contributed by atoms with Crippen LogP contribution in [0.25, 0.3) is 0 Å². The molecule has 0 aromatic carbocycles. The molecular weight excluding hydrogens is 392 g/mol. The molecule has 168 valence electrons. The summed E-state index contributed by atoms with van der Waals surface area (Å²) in [5.41, 5.74) is 0.231. The molecule has 0 amide bonds. The van der Waals surface area contributed by atoms with Gasteiger partial charge in [0.25, 0.3) is 0 Å². The van der Waals surface area contributed by atoms with Crippen molar-refractivity contribution in [1.82, 2.24) is 9.55 Å². The van der Waals surface area contributed by atoms with Crippen LogP contribution in [0.2, 0.25) is 0 Å². The number of rotatable bonds is 5. The Kier molecular flexibility index (Phi) is 5.58. The van der Waals surface area contributed by atoms with Crippen LogP contribution in [0, 0.1) is 29.1 Å². The van der Waals surface area contributed by atoms with Gasteiger partial charge in [0.2, 0.25) is 0 Å². The lowest BCUT2D eigenvalue weighted by molar-refractivity contribution is -0.128. The summed E-state index contributed by atoms with van der Waals surface area (Å²) in [7, 11) is 1.33. The van der Waals surface area contributed by atoms with Crippen molar-refractivity contribution in [3.63, 3.8) is 0 Å². The van der Waals surface area contributed by atoms with Crippen molar-refractivity contribution in [2.24, 2.45) is 29.1 Å². The van der Waals surface area contributed by atoms with E-state index in [-0.39, 0.29) is 11.3 Å². The zero-order valence-corrected chi connectivity index (χ0v) is 19.9. The first kappa shape index (κ1) is 21.1. The van der Waals surface area contributed by atoms with Crippen molar-refractivity contribution in [2.75, 3.05) is 25.7 Å². The molecule has 2 saturated carbocycles. The maximum Gasteiger partial charge on any atom is 0.156 e. The lowest BCUT2D eigenvalue weighted by Gasteiger charge is -2.64. The molecule has 2 aliphatic carbocycles. The van der Waals surface area contributed by atoms with Crippen LogP contribution >= 0.6 is 10.0 Å². The van der Waals surface area contributed by atoms with E-state index in [2.05, 4.69) is 18.2 Å². The summed E-state index contributed by atoms with van der Waals surface area (Å²) < 4.78 is 7.47. The molecule has 0 bridgehead atoms. The number of methoxy groups -OCH3 is 1. The monoisotopic (exact) mass is 432 g/mol. The highest BCUT2D eigenvalue weighted by Gasteiger charge is 2.59. The molecule has 4 aliphatic rings. The van der Waals surface area contributed by atoms with Crippen LogP contribution in [-0.2, 0) is 16.1 Å². The first-order chi connectivity index (χ1) is 14.5. The number of nitrogens with zero attached hydrogens (tertiary/aromatic N) is 2. The zero-order chi connectivity index (χ0) is 20.9. The molecule has 4 nitrogen and oxygen atoms in total. The minimum absolute atomic E-state index is 0.231. The van der Waals surface area contributed by atoms with Crippen molar-refractivity contribution < 1.29 is 9.53 Å². The fourth-order valence-electron chi connectivity index (χ4n) is 8.36. The van der Waals surface area contributed by atoms with Crippen LogP contribution in [-0.4, -0.2) is 51.6 Å². The Bertz CT molecular complexity index is 767. The molecule has 0 radical (unpaired) electrons. The van der Waals surface area contributed by atoms with E-state index in [1.807, 2.05) is 17.9 Å². The lowest BCUT2D eigenvalue weighted by atomic mass is 9.59. The number of hydrogen-bond donors (Lipinski definition) is 0. The van der Waals surface area contributed by atoms with Crippen molar-refractivity contribution in [1.29, 1.82) is 0 Å². The van der Waals surface area contributed by atoms with Crippen LogP contribution in [0.5, 0.6) is 0 Å². The summed E-state index contributed by atoms with van der Waals surface area (Å²) >= 11 is 0. The van der Waals surface area contributed by atoms with E-state index in [0.717, 1.165) is 41.3 Å². The van der Waals surface area contributed by atoms with Gasteiger partial charge in [0, 0.05) is 32.0 Å². The third-order valence-electron chi connectivity index (χ3n) is 9.90. The fraction of sp³-hybridized carbons (Fsp3) is 0.840. The Hall–Kier alpha value is -0.810. The highest BCUT2D eigenvalue weighted by molar-refractivity contribution is 8.34. The number of fused-ring (bicyclic) bond motifs is 5. The average Bonchev–Trinajstić information content (AvgIpc) is 3.35. The molecule has 30 heavy (non-hydrogen) atoms. The van der Waals surface area contributed by atoms with Gasteiger partial charge in [0.1, 0.15) is 0 Å². The highest BCUT2D eigenvalue weighted by Crippen LogP contribution is 2.72. The normalized spacial score (nSPS) is 47.6. The summed E-state index contributed by atoms with van der Waals surface area (Å²) in [5.74, 6) is 4.62.